The van der Waals surface area contributed by atoms with Crippen molar-refractivity contribution in [1.29, 1.82) is 0 Å². The van der Waals surface area contributed by atoms with Crippen LogP contribution in [-0.4, -0.2) is 60.5 Å². The highest BCUT2D eigenvalue weighted by molar-refractivity contribution is 6.06. The molecule has 0 saturated carbocycles. The number of nitrogens with one attached hydrogen (secondary N) is 1. The number of nitrogens with zero attached hydrogens (tertiary/aromatic N) is 3. The molecule has 1 N–H and O–H groups in total. The first-order chi connectivity index (χ1) is 15.9. The zero-order chi connectivity index (χ0) is 23.4. The van der Waals surface area contributed by atoms with Crippen molar-refractivity contribution < 1.29 is 27.4 Å². The van der Waals surface area contributed by atoms with Gasteiger partial charge in [-0.25, -0.2) is 0 Å². The molecule has 1 fully saturated rings. The van der Waals surface area contributed by atoms with Crippen LogP contribution in [0.15, 0.2) is 42.5 Å². The van der Waals surface area contributed by atoms with Crippen molar-refractivity contribution in [3.8, 4) is 5.75 Å². The van der Waals surface area contributed by atoms with Crippen LogP contribution < -0.4 is 10.1 Å². The fourth-order valence-corrected chi connectivity index (χ4v) is 3.88. The molecule has 176 valence electrons. The summed E-state index contributed by atoms with van der Waals surface area (Å²) in [6.07, 6.45) is -4.44. The molecule has 2 heterocycles. The van der Waals surface area contributed by atoms with Crippen LogP contribution >= 0.6 is 0 Å². The minimum Gasteiger partial charge on any atom is -0.494 e. The molecule has 1 aromatic heterocycles. The molecule has 3 aromatic rings. The predicted molar refractivity (Wildman–Crippen MR) is 116 cm³/mol. The Labute approximate surface area is 189 Å². The van der Waals surface area contributed by atoms with Crippen molar-refractivity contribution in [2.45, 2.75) is 19.3 Å². The first-order valence-electron chi connectivity index (χ1n) is 10.6. The topological polar surface area (TPSA) is 68.6 Å². The molecule has 4 rings (SSSR count). The van der Waals surface area contributed by atoms with Crippen LogP contribution in [0.25, 0.3) is 10.9 Å². The molecule has 10 heteroatoms. The van der Waals surface area contributed by atoms with Gasteiger partial charge in [-0.1, -0.05) is 24.3 Å². The van der Waals surface area contributed by atoms with Crippen LogP contribution in [0.5, 0.6) is 5.75 Å². The van der Waals surface area contributed by atoms with Gasteiger partial charge in [-0.2, -0.15) is 18.3 Å². The number of amides is 1. The largest absolute Gasteiger partial charge is 0.494 e. The highest BCUT2D eigenvalue weighted by Gasteiger charge is 2.30. The molecule has 0 aliphatic carbocycles. The number of benzene rings is 2. The van der Waals surface area contributed by atoms with Gasteiger partial charge in [0.25, 0.3) is 5.91 Å². The number of hydrogen-bond donors (Lipinski definition) is 1. The molecule has 1 amide bonds. The molecular formula is C23H25F3N4O3. The summed E-state index contributed by atoms with van der Waals surface area (Å²) >= 11 is 0. The van der Waals surface area contributed by atoms with Gasteiger partial charge in [0.1, 0.15) is 11.3 Å². The van der Waals surface area contributed by atoms with E-state index in [0.29, 0.717) is 42.0 Å². The second-order valence-corrected chi connectivity index (χ2v) is 7.76. The van der Waals surface area contributed by atoms with E-state index in [1.54, 1.807) is 30.0 Å². The van der Waals surface area contributed by atoms with Crippen LogP contribution in [0.4, 0.5) is 13.2 Å². The molecule has 1 aliphatic heterocycles. The zero-order valence-electron chi connectivity index (χ0n) is 18.2. The summed E-state index contributed by atoms with van der Waals surface area (Å²) in [5.74, 6) is 0.134. The van der Waals surface area contributed by atoms with Crippen molar-refractivity contribution in [2.24, 2.45) is 0 Å². The van der Waals surface area contributed by atoms with E-state index in [9.17, 15) is 18.0 Å². The summed E-state index contributed by atoms with van der Waals surface area (Å²) in [6.45, 7) is 4.29. The molecule has 2 aromatic carbocycles. The second kappa shape index (κ2) is 9.80. The number of aromatic nitrogens is 2. The van der Waals surface area contributed by atoms with E-state index in [1.165, 1.54) is 12.1 Å². The summed E-state index contributed by atoms with van der Waals surface area (Å²) in [7, 11) is 1.56. The van der Waals surface area contributed by atoms with Gasteiger partial charge < -0.3 is 14.8 Å². The van der Waals surface area contributed by atoms with Crippen LogP contribution in [0.3, 0.4) is 0 Å². The van der Waals surface area contributed by atoms with E-state index < -0.39 is 17.6 Å². The molecule has 0 spiro atoms. The van der Waals surface area contributed by atoms with Gasteiger partial charge in [0.2, 0.25) is 0 Å². The molecule has 0 unspecified atom stereocenters. The predicted octanol–water partition coefficient (Wildman–Crippen LogP) is 3.33. The minimum absolute atomic E-state index is 0.0468. The molecule has 0 radical (unpaired) electrons. The number of halogens is 3. The Morgan fingerprint density at radius 1 is 1.15 bits per heavy atom. The summed E-state index contributed by atoms with van der Waals surface area (Å²) in [6, 6.07) is 10.3. The maximum atomic E-state index is 13.0. The summed E-state index contributed by atoms with van der Waals surface area (Å²) in [4.78, 5) is 15.2. The Balaban J connectivity index is 1.54. The number of methoxy groups -OCH3 is 1. The third-order valence-electron chi connectivity index (χ3n) is 5.61. The smallest absolute Gasteiger partial charge is 0.416 e. The Morgan fingerprint density at radius 3 is 2.64 bits per heavy atom. The lowest BCUT2D eigenvalue weighted by Crippen LogP contribution is -2.38. The Morgan fingerprint density at radius 2 is 1.91 bits per heavy atom. The fourth-order valence-electron chi connectivity index (χ4n) is 3.88. The highest BCUT2D eigenvalue weighted by Crippen LogP contribution is 2.30. The Bertz CT molecular complexity index is 1120. The lowest BCUT2D eigenvalue weighted by Gasteiger charge is -2.26. The number of rotatable bonds is 7. The summed E-state index contributed by atoms with van der Waals surface area (Å²) in [5.41, 5.74) is 0.513. The van der Waals surface area contributed by atoms with Crippen LogP contribution in [0.1, 0.15) is 21.6 Å². The lowest BCUT2D eigenvalue weighted by atomic mass is 10.1. The number of morpholine rings is 1. The zero-order valence-corrected chi connectivity index (χ0v) is 18.2. The van der Waals surface area contributed by atoms with Crippen molar-refractivity contribution in [2.75, 3.05) is 40.0 Å². The van der Waals surface area contributed by atoms with E-state index in [4.69, 9.17) is 9.47 Å². The normalized spacial score (nSPS) is 15.0. The van der Waals surface area contributed by atoms with Crippen molar-refractivity contribution >= 4 is 16.8 Å². The first-order valence-corrected chi connectivity index (χ1v) is 10.6. The molecule has 1 aliphatic rings. The van der Waals surface area contributed by atoms with Crippen LogP contribution in [-0.2, 0) is 24.0 Å². The second-order valence-electron chi connectivity index (χ2n) is 7.76. The van der Waals surface area contributed by atoms with Gasteiger partial charge in [0, 0.05) is 31.6 Å². The molecule has 0 bridgehead atoms. The van der Waals surface area contributed by atoms with Gasteiger partial charge in [-0.05, 0) is 23.8 Å². The van der Waals surface area contributed by atoms with Crippen molar-refractivity contribution in [3.05, 3.63) is 59.3 Å². The number of hydrogen-bond acceptors (Lipinski definition) is 5. The monoisotopic (exact) mass is 462 g/mol. The number of carbonyl (C=O) groups is 1. The number of ether oxygens (including phenoxy) is 2. The standard InChI is InChI=1S/C23H25F3N4O3/c1-32-19-7-3-6-18-20(28-30(21(18)19)9-8-29-10-12-33-13-11-29)22(31)27-15-16-4-2-5-17(14-16)23(24,25)26/h2-7,14H,8-13,15H2,1H3,(H,27,31). The average molecular weight is 462 g/mol. The Hall–Kier alpha value is -3.11. The number of carbonyl (C=O) groups excluding carboxylic acids is 1. The molecule has 7 nitrogen and oxygen atoms in total. The van der Waals surface area contributed by atoms with E-state index in [0.717, 1.165) is 31.8 Å². The SMILES string of the molecule is COc1cccc2c(C(=O)NCc3cccc(C(F)(F)F)c3)nn(CCN3CCOCC3)c12. The van der Waals surface area contributed by atoms with Gasteiger partial charge >= 0.3 is 6.18 Å². The van der Waals surface area contributed by atoms with E-state index >= 15 is 0 Å². The van der Waals surface area contributed by atoms with Gasteiger partial charge in [-0.15, -0.1) is 0 Å². The molecule has 33 heavy (non-hydrogen) atoms. The molecule has 0 atom stereocenters. The van der Waals surface area contributed by atoms with Crippen LogP contribution in [0.2, 0.25) is 0 Å². The highest BCUT2D eigenvalue weighted by atomic mass is 19.4. The maximum Gasteiger partial charge on any atom is 0.416 e. The maximum absolute atomic E-state index is 13.0. The van der Waals surface area contributed by atoms with E-state index in [1.807, 2.05) is 0 Å². The third-order valence-corrected chi connectivity index (χ3v) is 5.61. The number of fused-ring (bicyclic) bond motifs is 1. The Kier molecular flexibility index (Phi) is 6.85. The summed E-state index contributed by atoms with van der Waals surface area (Å²) in [5, 5.41) is 7.85. The lowest BCUT2D eigenvalue weighted by molar-refractivity contribution is -0.137. The molecular weight excluding hydrogens is 437 g/mol. The fraction of sp³-hybridized carbons (Fsp3) is 0.391. The van der Waals surface area contributed by atoms with Crippen molar-refractivity contribution in [1.82, 2.24) is 20.0 Å². The third kappa shape index (κ3) is 5.28. The van der Waals surface area contributed by atoms with Gasteiger partial charge in [0.15, 0.2) is 5.69 Å². The first kappa shape index (κ1) is 23.1. The van der Waals surface area contributed by atoms with Gasteiger partial charge in [-0.3, -0.25) is 14.4 Å². The number of alkyl halides is 3. The molecule has 1 saturated heterocycles. The minimum atomic E-state index is -4.44. The van der Waals surface area contributed by atoms with E-state index in [2.05, 4.69) is 15.3 Å². The van der Waals surface area contributed by atoms with Crippen molar-refractivity contribution in [3.63, 3.8) is 0 Å². The average Bonchev–Trinajstić information content (AvgIpc) is 3.20. The van der Waals surface area contributed by atoms with E-state index in [-0.39, 0.29) is 12.2 Å². The summed E-state index contributed by atoms with van der Waals surface area (Å²) < 4.78 is 51.5. The number of para-hydroxylation sites is 1. The quantitative estimate of drug-likeness (QED) is 0.584. The van der Waals surface area contributed by atoms with Gasteiger partial charge in [0.05, 0.1) is 32.4 Å². The van der Waals surface area contributed by atoms with Crippen LogP contribution in [0, 0.1) is 0 Å².